The van der Waals surface area contributed by atoms with E-state index in [9.17, 15) is 4.79 Å². The molecule has 1 saturated carbocycles. The Morgan fingerprint density at radius 1 is 1.17 bits per heavy atom. The molecule has 1 amide bonds. The maximum absolute atomic E-state index is 12.3. The van der Waals surface area contributed by atoms with E-state index in [-0.39, 0.29) is 5.91 Å². The molecule has 0 spiro atoms. The molecule has 1 aliphatic heterocycles. The Bertz CT molecular complexity index is 526. The highest BCUT2D eigenvalue weighted by molar-refractivity contribution is 5.76. The summed E-state index contributed by atoms with van der Waals surface area (Å²) in [5.74, 6) is 1.12. The molecule has 3 rings (SSSR count). The fourth-order valence-electron chi connectivity index (χ4n) is 4.58. The van der Waals surface area contributed by atoms with E-state index in [0.717, 1.165) is 24.9 Å². The van der Waals surface area contributed by atoms with E-state index in [1.54, 1.807) is 4.90 Å². The zero-order valence-corrected chi connectivity index (χ0v) is 14.4. The third kappa shape index (κ3) is 4.35. The average molecular weight is 315 g/mol. The number of fused-ring (bicyclic) bond motifs is 1. The first kappa shape index (κ1) is 16.5. The minimum absolute atomic E-state index is 0.236. The van der Waals surface area contributed by atoms with Crippen LogP contribution >= 0.6 is 0 Å². The fraction of sp³-hybridized carbons (Fsp3) is 0.650. The van der Waals surface area contributed by atoms with Crippen LogP contribution in [0.25, 0.3) is 0 Å². The molecule has 3 atom stereocenters. The lowest BCUT2D eigenvalue weighted by Gasteiger charge is -2.40. The average Bonchev–Trinajstić information content (AvgIpc) is 2.57. The van der Waals surface area contributed by atoms with Crippen LogP contribution in [0.1, 0.15) is 49.7 Å². The van der Waals surface area contributed by atoms with Crippen molar-refractivity contribution in [3.05, 3.63) is 35.4 Å². The fourth-order valence-corrected chi connectivity index (χ4v) is 4.58. The van der Waals surface area contributed by atoms with Crippen LogP contribution in [0.3, 0.4) is 0 Å². The molecule has 1 unspecified atom stereocenters. The van der Waals surface area contributed by atoms with E-state index >= 15 is 0 Å². The number of carbonyl (C=O) groups is 1. The topological polar surface area (TPSA) is 33.5 Å². The number of aryl methyl sites for hydroxylation is 1. The number of hydrogen-bond donors (Lipinski definition) is 2. The number of piperidine rings is 1. The van der Waals surface area contributed by atoms with Gasteiger partial charge in [-0.15, -0.1) is 0 Å². The second-order valence-corrected chi connectivity index (χ2v) is 7.40. The number of carbonyl (C=O) groups excluding carboxylic acids is 1. The first-order valence-corrected chi connectivity index (χ1v) is 9.40. The third-order valence-corrected chi connectivity index (χ3v) is 5.87. The summed E-state index contributed by atoms with van der Waals surface area (Å²) in [6, 6.07) is 9.19. The minimum atomic E-state index is 0.236. The van der Waals surface area contributed by atoms with Crippen molar-refractivity contribution < 1.29 is 9.69 Å². The lowest BCUT2D eigenvalue weighted by molar-refractivity contribution is -0.928. The molecule has 0 bridgehead atoms. The van der Waals surface area contributed by atoms with E-state index in [1.165, 1.54) is 56.2 Å². The van der Waals surface area contributed by atoms with Crippen molar-refractivity contribution in [3.8, 4) is 0 Å². The number of likely N-dealkylation sites (tertiary alicyclic amines) is 1. The molecule has 3 nitrogen and oxygen atoms in total. The van der Waals surface area contributed by atoms with Crippen molar-refractivity contribution in [1.82, 2.24) is 5.32 Å². The van der Waals surface area contributed by atoms with E-state index in [4.69, 9.17) is 0 Å². The number of rotatable bonds is 5. The maximum Gasteiger partial charge on any atom is 0.275 e. The minimum Gasteiger partial charge on any atom is -0.351 e. The second kappa shape index (κ2) is 7.96. The van der Waals surface area contributed by atoms with E-state index in [2.05, 4.69) is 36.5 Å². The van der Waals surface area contributed by atoms with Gasteiger partial charge in [0.25, 0.3) is 5.91 Å². The van der Waals surface area contributed by atoms with Gasteiger partial charge in [0.2, 0.25) is 0 Å². The van der Waals surface area contributed by atoms with Gasteiger partial charge < -0.3 is 10.2 Å². The predicted octanol–water partition coefficient (Wildman–Crippen LogP) is 1.89. The highest BCUT2D eigenvalue weighted by Crippen LogP contribution is 2.28. The highest BCUT2D eigenvalue weighted by atomic mass is 16.2. The van der Waals surface area contributed by atoms with Gasteiger partial charge in [-0.1, -0.05) is 30.7 Å². The quantitative estimate of drug-likeness (QED) is 0.855. The Hall–Kier alpha value is -1.35. The molecule has 0 aromatic heterocycles. The molecule has 1 aromatic carbocycles. The lowest BCUT2D eigenvalue weighted by Crippen LogP contribution is -3.18. The van der Waals surface area contributed by atoms with Crippen molar-refractivity contribution >= 4 is 5.91 Å². The molecular weight excluding hydrogens is 284 g/mol. The molecule has 2 aliphatic rings. The smallest absolute Gasteiger partial charge is 0.275 e. The van der Waals surface area contributed by atoms with Crippen molar-refractivity contribution in [2.45, 2.75) is 57.9 Å². The van der Waals surface area contributed by atoms with Gasteiger partial charge >= 0.3 is 0 Å². The Morgan fingerprint density at radius 2 is 1.96 bits per heavy atom. The highest BCUT2D eigenvalue weighted by Gasteiger charge is 2.37. The van der Waals surface area contributed by atoms with Crippen molar-refractivity contribution in [3.63, 3.8) is 0 Å². The first-order valence-electron chi connectivity index (χ1n) is 9.40. The number of amides is 1. The normalized spacial score (nSPS) is 27.3. The summed E-state index contributed by atoms with van der Waals surface area (Å²) in [4.78, 5) is 13.9. The van der Waals surface area contributed by atoms with Gasteiger partial charge in [-0.3, -0.25) is 4.79 Å². The maximum atomic E-state index is 12.3. The van der Waals surface area contributed by atoms with Crippen molar-refractivity contribution in [2.75, 3.05) is 19.6 Å². The third-order valence-electron chi connectivity index (χ3n) is 5.87. The van der Waals surface area contributed by atoms with Crippen LogP contribution in [0.5, 0.6) is 0 Å². The van der Waals surface area contributed by atoms with Crippen LogP contribution in [0.4, 0.5) is 0 Å². The zero-order chi connectivity index (χ0) is 16.1. The van der Waals surface area contributed by atoms with Gasteiger partial charge in [0.1, 0.15) is 0 Å². The molecule has 2 N–H and O–H groups in total. The zero-order valence-electron chi connectivity index (χ0n) is 14.4. The predicted molar refractivity (Wildman–Crippen MR) is 93.6 cm³/mol. The Labute approximate surface area is 140 Å². The van der Waals surface area contributed by atoms with E-state index in [0.29, 0.717) is 6.54 Å². The SMILES string of the molecule is Cc1ccccc1CCNC(=O)C[NH+]1CCC[C@H]2CCCC[C@@H]21. The van der Waals surface area contributed by atoms with E-state index in [1.807, 2.05) is 0 Å². The molecular formula is C20H31N2O+. The van der Waals surface area contributed by atoms with Gasteiger partial charge in [-0.2, -0.15) is 0 Å². The van der Waals surface area contributed by atoms with Gasteiger partial charge in [0.15, 0.2) is 6.54 Å². The summed E-state index contributed by atoms with van der Waals surface area (Å²) in [7, 11) is 0. The standard InChI is InChI=1S/C20H30N2O/c1-16-7-2-3-8-17(16)12-13-21-20(23)15-22-14-6-10-18-9-4-5-11-19(18)22/h2-3,7-8,18-19H,4-6,9-15H2,1H3,(H,21,23)/p+1/t18-,19+/m1/s1. The number of nitrogens with one attached hydrogen (secondary N) is 2. The summed E-state index contributed by atoms with van der Waals surface area (Å²) in [5.41, 5.74) is 2.65. The summed E-state index contributed by atoms with van der Waals surface area (Å²) in [6.07, 6.45) is 9.10. The Balaban J connectivity index is 1.44. The largest absolute Gasteiger partial charge is 0.351 e. The Kier molecular flexibility index (Phi) is 5.71. The monoisotopic (exact) mass is 315 g/mol. The molecule has 1 heterocycles. The van der Waals surface area contributed by atoms with Gasteiger partial charge in [0, 0.05) is 12.5 Å². The van der Waals surface area contributed by atoms with Crippen LogP contribution in [0, 0.1) is 12.8 Å². The molecule has 1 aromatic rings. The Morgan fingerprint density at radius 3 is 2.83 bits per heavy atom. The summed E-state index contributed by atoms with van der Waals surface area (Å²) in [6.45, 7) is 4.75. The second-order valence-electron chi connectivity index (χ2n) is 7.40. The number of benzene rings is 1. The molecule has 2 fully saturated rings. The molecule has 23 heavy (non-hydrogen) atoms. The summed E-state index contributed by atoms with van der Waals surface area (Å²) >= 11 is 0. The molecule has 3 heteroatoms. The van der Waals surface area contributed by atoms with Crippen molar-refractivity contribution in [2.24, 2.45) is 5.92 Å². The summed E-state index contributed by atoms with van der Waals surface area (Å²) < 4.78 is 0. The van der Waals surface area contributed by atoms with Gasteiger partial charge in [-0.05, 0) is 56.6 Å². The van der Waals surface area contributed by atoms with E-state index < -0.39 is 0 Å². The van der Waals surface area contributed by atoms with Crippen LogP contribution in [-0.2, 0) is 11.2 Å². The number of quaternary nitrogens is 1. The molecule has 126 valence electrons. The molecule has 1 saturated heterocycles. The lowest BCUT2D eigenvalue weighted by atomic mass is 9.78. The van der Waals surface area contributed by atoms with Crippen LogP contribution < -0.4 is 10.2 Å². The summed E-state index contributed by atoms with van der Waals surface area (Å²) in [5, 5.41) is 3.14. The van der Waals surface area contributed by atoms with Crippen molar-refractivity contribution in [1.29, 1.82) is 0 Å². The number of hydrogen-bond acceptors (Lipinski definition) is 1. The van der Waals surface area contributed by atoms with Crippen LogP contribution in [0.15, 0.2) is 24.3 Å². The molecule has 0 radical (unpaired) electrons. The van der Waals surface area contributed by atoms with Crippen LogP contribution in [0.2, 0.25) is 0 Å². The van der Waals surface area contributed by atoms with Gasteiger partial charge in [-0.25, -0.2) is 0 Å². The first-order chi connectivity index (χ1) is 11.2. The van der Waals surface area contributed by atoms with Crippen LogP contribution in [-0.4, -0.2) is 31.6 Å². The van der Waals surface area contributed by atoms with Gasteiger partial charge in [0.05, 0.1) is 12.6 Å². The molecule has 1 aliphatic carbocycles.